The number of amides is 1. The molecule has 0 spiro atoms. The maximum Gasteiger partial charge on any atom is 0.308 e. The first-order valence-corrected chi connectivity index (χ1v) is 8.21. The molecule has 0 radical (unpaired) electrons. The minimum absolute atomic E-state index is 0.191. The molecular weight excluding hydrogens is 334 g/mol. The van der Waals surface area contributed by atoms with Gasteiger partial charge in [0.05, 0.1) is 6.42 Å². The van der Waals surface area contributed by atoms with Crippen LogP contribution in [0.3, 0.4) is 0 Å². The average Bonchev–Trinajstić information content (AvgIpc) is 2.56. The Bertz CT molecular complexity index is 801. The number of esters is 1. The molecule has 26 heavy (non-hydrogen) atoms. The normalized spacial score (nSPS) is 11.5. The number of carbonyl (C=O) groups is 3. The highest BCUT2D eigenvalue weighted by molar-refractivity contribution is 5.96. The molecule has 2 N–H and O–H groups in total. The minimum atomic E-state index is -0.989. The Morgan fingerprint density at radius 1 is 1.08 bits per heavy atom. The van der Waals surface area contributed by atoms with Crippen molar-refractivity contribution in [2.75, 3.05) is 0 Å². The van der Waals surface area contributed by atoms with E-state index in [-0.39, 0.29) is 6.42 Å². The van der Waals surface area contributed by atoms with Crippen LogP contribution in [0.5, 0.6) is 5.75 Å². The summed E-state index contributed by atoms with van der Waals surface area (Å²) in [7, 11) is 0. The molecule has 0 bridgehead atoms. The van der Waals surface area contributed by atoms with E-state index in [9.17, 15) is 14.4 Å². The molecule has 6 heteroatoms. The van der Waals surface area contributed by atoms with Gasteiger partial charge in [-0.15, -0.1) is 0 Å². The van der Waals surface area contributed by atoms with Gasteiger partial charge in [0.2, 0.25) is 0 Å². The predicted octanol–water partition coefficient (Wildman–Crippen LogP) is 2.74. The summed E-state index contributed by atoms with van der Waals surface area (Å²) in [6.07, 6.45) is 0.213. The first kappa shape index (κ1) is 19.2. The number of carboxylic acid groups (broad SMARTS) is 1. The lowest BCUT2D eigenvalue weighted by Crippen LogP contribution is -2.38. The van der Waals surface area contributed by atoms with Crippen LogP contribution in [0.15, 0.2) is 48.5 Å². The molecule has 0 fully saturated rings. The van der Waals surface area contributed by atoms with E-state index in [1.807, 2.05) is 30.3 Å². The largest absolute Gasteiger partial charge is 0.481 e. The van der Waals surface area contributed by atoms with Gasteiger partial charge < -0.3 is 15.2 Å². The Morgan fingerprint density at radius 2 is 1.77 bits per heavy atom. The summed E-state index contributed by atoms with van der Waals surface area (Å²) in [5, 5.41) is 11.9. The molecule has 0 aliphatic heterocycles. The Balaban J connectivity index is 2.18. The number of ether oxygens (including phenoxy) is 1. The summed E-state index contributed by atoms with van der Waals surface area (Å²) in [5.74, 6) is -1.56. The van der Waals surface area contributed by atoms with Crippen molar-refractivity contribution in [3.8, 4) is 5.75 Å². The van der Waals surface area contributed by atoms with Crippen LogP contribution in [0.1, 0.15) is 34.8 Å². The maximum atomic E-state index is 12.6. The van der Waals surface area contributed by atoms with Crippen molar-refractivity contribution >= 4 is 17.8 Å². The Morgan fingerprint density at radius 3 is 2.38 bits per heavy atom. The van der Waals surface area contributed by atoms with E-state index in [1.165, 1.54) is 6.92 Å². The van der Waals surface area contributed by atoms with E-state index in [4.69, 9.17) is 9.84 Å². The van der Waals surface area contributed by atoms with Crippen molar-refractivity contribution in [2.45, 2.75) is 32.7 Å². The molecule has 136 valence electrons. The number of nitrogens with one attached hydrogen (secondary N) is 1. The fourth-order valence-electron chi connectivity index (χ4n) is 2.67. The van der Waals surface area contributed by atoms with E-state index in [1.54, 1.807) is 25.1 Å². The molecule has 0 aliphatic rings. The maximum absolute atomic E-state index is 12.6. The van der Waals surface area contributed by atoms with Crippen LogP contribution in [0, 0.1) is 6.92 Å². The number of hydrogen-bond acceptors (Lipinski definition) is 4. The van der Waals surface area contributed by atoms with Gasteiger partial charge in [0.25, 0.3) is 5.91 Å². The lowest BCUT2D eigenvalue weighted by Gasteiger charge is -2.18. The zero-order valence-corrected chi connectivity index (χ0v) is 14.7. The van der Waals surface area contributed by atoms with Gasteiger partial charge in [-0.1, -0.05) is 36.4 Å². The van der Waals surface area contributed by atoms with Gasteiger partial charge in [-0.05, 0) is 31.0 Å². The van der Waals surface area contributed by atoms with Crippen LogP contribution in [0.4, 0.5) is 0 Å². The fourth-order valence-corrected chi connectivity index (χ4v) is 2.67. The third-order valence-electron chi connectivity index (χ3n) is 3.86. The number of rotatable bonds is 7. The summed E-state index contributed by atoms with van der Waals surface area (Å²) >= 11 is 0. The third-order valence-corrected chi connectivity index (χ3v) is 3.86. The number of carboxylic acids is 1. The average molecular weight is 355 g/mol. The monoisotopic (exact) mass is 355 g/mol. The quantitative estimate of drug-likeness (QED) is 0.588. The molecule has 2 aromatic carbocycles. The Kier molecular flexibility index (Phi) is 6.49. The molecule has 1 atom stereocenters. The van der Waals surface area contributed by atoms with Crippen molar-refractivity contribution in [1.82, 2.24) is 5.32 Å². The molecule has 6 nitrogen and oxygen atoms in total. The van der Waals surface area contributed by atoms with Gasteiger partial charge in [-0.25, -0.2) is 0 Å². The number of carbonyl (C=O) groups excluding carboxylic acids is 2. The van der Waals surface area contributed by atoms with E-state index < -0.39 is 23.9 Å². The second kappa shape index (κ2) is 8.80. The van der Waals surface area contributed by atoms with E-state index in [0.717, 1.165) is 5.56 Å². The van der Waals surface area contributed by atoms with E-state index in [0.29, 0.717) is 23.3 Å². The standard InChI is InChI=1S/C20H21NO5/c1-13-17(9-6-10-18(13)26-14(2)22)20(25)21-16(12-19(23)24)11-15-7-4-3-5-8-15/h3-10,16H,11-12H2,1-2H3,(H,21,25)(H,23,24)/t16-/m0/s1. The molecule has 2 aromatic rings. The van der Waals surface area contributed by atoms with Gasteiger partial charge >= 0.3 is 11.9 Å². The zero-order chi connectivity index (χ0) is 19.1. The zero-order valence-electron chi connectivity index (χ0n) is 14.7. The van der Waals surface area contributed by atoms with Crippen molar-refractivity contribution in [3.63, 3.8) is 0 Å². The summed E-state index contributed by atoms with van der Waals surface area (Å²) in [6, 6.07) is 13.6. The number of hydrogen-bond donors (Lipinski definition) is 2. The molecule has 0 aromatic heterocycles. The Hall–Kier alpha value is -3.15. The SMILES string of the molecule is CC(=O)Oc1cccc(C(=O)N[C@H](CC(=O)O)Cc2ccccc2)c1C. The highest BCUT2D eigenvalue weighted by Gasteiger charge is 2.20. The molecule has 0 saturated carbocycles. The van der Waals surface area contributed by atoms with Gasteiger partial charge in [0.15, 0.2) is 0 Å². The van der Waals surface area contributed by atoms with E-state index >= 15 is 0 Å². The molecular formula is C20H21NO5. The smallest absolute Gasteiger partial charge is 0.308 e. The van der Waals surface area contributed by atoms with Crippen LogP contribution in [-0.2, 0) is 16.0 Å². The first-order valence-electron chi connectivity index (χ1n) is 8.21. The third kappa shape index (κ3) is 5.44. The second-order valence-electron chi connectivity index (χ2n) is 5.98. The number of benzene rings is 2. The molecule has 1 amide bonds. The molecule has 0 aliphatic carbocycles. The van der Waals surface area contributed by atoms with Crippen molar-refractivity contribution in [3.05, 3.63) is 65.2 Å². The molecule has 2 rings (SSSR count). The highest BCUT2D eigenvalue weighted by Crippen LogP contribution is 2.22. The van der Waals surface area contributed by atoms with Crippen molar-refractivity contribution in [1.29, 1.82) is 0 Å². The summed E-state index contributed by atoms with van der Waals surface area (Å²) in [5.41, 5.74) is 1.80. The second-order valence-corrected chi connectivity index (χ2v) is 5.98. The first-order chi connectivity index (χ1) is 12.4. The minimum Gasteiger partial charge on any atom is -0.481 e. The van der Waals surface area contributed by atoms with Gasteiger partial charge in [-0.2, -0.15) is 0 Å². The van der Waals surface area contributed by atoms with Crippen LogP contribution in [-0.4, -0.2) is 29.0 Å². The summed E-state index contributed by atoms with van der Waals surface area (Å²) in [6.45, 7) is 2.96. The van der Waals surface area contributed by atoms with Gasteiger partial charge in [0, 0.05) is 24.1 Å². The van der Waals surface area contributed by atoms with Crippen LogP contribution in [0.25, 0.3) is 0 Å². The van der Waals surface area contributed by atoms with Crippen LogP contribution in [0.2, 0.25) is 0 Å². The van der Waals surface area contributed by atoms with Crippen LogP contribution >= 0.6 is 0 Å². The Labute approximate surface area is 151 Å². The van der Waals surface area contributed by atoms with Gasteiger partial charge in [0.1, 0.15) is 5.75 Å². The van der Waals surface area contributed by atoms with Crippen molar-refractivity contribution in [2.24, 2.45) is 0 Å². The molecule has 0 saturated heterocycles. The lowest BCUT2D eigenvalue weighted by atomic mass is 10.0. The molecule has 0 unspecified atom stereocenters. The van der Waals surface area contributed by atoms with Crippen molar-refractivity contribution < 1.29 is 24.2 Å². The number of aliphatic carboxylic acids is 1. The topological polar surface area (TPSA) is 92.7 Å². The highest BCUT2D eigenvalue weighted by atomic mass is 16.5. The molecule has 0 heterocycles. The summed E-state index contributed by atoms with van der Waals surface area (Å²) in [4.78, 5) is 35.0. The van der Waals surface area contributed by atoms with E-state index in [2.05, 4.69) is 5.32 Å². The summed E-state index contributed by atoms with van der Waals surface area (Å²) < 4.78 is 5.09. The van der Waals surface area contributed by atoms with Gasteiger partial charge in [-0.3, -0.25) is 14.4 Å². The predicted molar refractivity (Wildman–Crippen MR) is 96.1 cm³/mol. The lowest BCUT2D eigenvalue weighted by molar-refractivity contribution is -0.137. The fraction of sp³-hybridized carbons (Fsp3) is 0.250. The van der Waals surface area contributed by atoms with Crippen LogP contribution < -0.4 is 10.1 Å².